The summed E-state index contributed by atoms with van der Waals surface area (Å²) < 4.78 is 10.2. The van der Waals surface area contributed by atoms with Crippen LogP contribution in [0.15, 0.2) is 48.5 Å². The van der Waals surface area contributed by atoms with Crippen molar-refractivity contribution in [2.24, 2.45) is 5.92 Å². The summed E-state index contributed by atoms with van der Waals surface area (Å²) >= 11 is 0. The molecule has 1 heterocycles. The van der Waals surface area contributed by atoms with Crippen LogP contribution in [0.1, 0.15) is 39.1 Å². The summed E-state index contributed by atoms with van der Waals surface area (Å²) in [5.41, 5.74) is 2.21. The van der Waals surface area contributed by atoms with Crippen molar-refractivity contribution in [2.75, 3.05) is 40.5 Å². The molecule has 1 fully saturated rings. The van der Waals surface area contributed by atoms with Crippen LogP contribution in [-0.4, -0.2) is 69.1 Å². The van der Waals surface area contributed by atoms with Crippen molar-refractivity contribution in [1.29, 1.82) is 0 Å². The largest absolute Gasteiger partial charge is 0.497 e. The van der Waals surface area contributed by atoms with Gasteiger partial charge in [-0.2, -0.15) is 0 Å². The maximum Gasteiger partial charge on any atom is 0.253 e. The summed E-state index contributed by atoms with van der Waals surface area (Å²) in [5, 5.41) is 5.76. The topological polar surface area (TPSA) is 97.0 Å². The summed E-state index contributed by atoms with van der Waals surface area (Å²) in [6.45, 7) is 3.77. The summed E-state index contributed by atoms with van der Waals surface area (Å²) in [7, 11) is 3.13. The van der Waals surface area contributed by atoms with Crippen LogP contribution < -0.4 is 15.4 Å². The number of carbonyl (C=O) groups excluding carboxylic acids is 3. The number of hydrogen-bond acceptors (Lipinski definition) is 5. The molecule has 0 unspecified atom stereocenters. The predicted molar refractivity (Wildman–Crippen MR) is 129 cm³/mol. The van der Waals surface area contributed by atoms with E-state index in [0.29, 0.717) is 56.0 Å². The Labute approximate surface area is 200 Å². The quantitative estimate of drug-likeness (QED) is 0.552. The molecule has 3 rings (SSSR count). The van der Waals surface area contributed by atoms with Gasteiger partial charge in [0.25, 0.3) is 11.8 Å². The third-order valence-corrected chi connectivity index (χ3v) is 6.12. The van der Waals surface area contributed by atoms with E-state index in [1.54, 1.807) is 38.5 Å². The van der Waals surface area contributed by atoms with E-state index in [2.05, 4.69) is 10.6 Å². The van der Waals surface area contributed by atoms with Gasteiger partial charge in [-0.05, 0) is 62.1 Å². The van der Waals surface area contributed by atoms with Crippen LogP contribution in [0.25, 0.3) is 0 Å². The van der Waals surface area contributed by atoms with Crippen molar-refractivity contribution in [1.82, 2.24) is 15.5 Å². The zero-order valence-electron chi connectivity index (χ0n) is 20.0. The van der Waals surface area contributed by atoms with Gasteiger partial charge in [-0.15, -0.1) is 0 Å². The number of amides is 3. The van der Waals surface area contributed by atoms with Gasteiger partial charge in [0.15, 0.2) is 0 Å². The van der Waals surface area contributed by atoms with Gasteiger partial charge < -0.3 is 25.0 Å². The predicted octanol–water partition coefficient (Wildman–Crippen LogP) is 2.42. The van der Waals surface area contributed by atoms with Crippen molar-refractivity contribution in [3.63, 3.8) is 0 Å². The molecule has 0 aromatic heterocycles. The van der Waals surface area contributed by atoms with Gasteiger partial charge in [-0.3, -0.25) is 14.4 Å². The Morgan fingerprint density at radius 3 is 2.18 bits per heavy atom. The average molecular weight is 468 g/mol. The molecule has 0 radical (unpaired) electrons. The van der Waals surface area contributed by atoms with Crippen LogP contribution in [0, 0.1) is 12.8 Å². The van der Waals surface area contributed by atoms with Gasteiger partial charge in [0, 0.05) is 37.9 Å². The van der Waals surface area contributed by atoms with Crippen LogP contribution in [0.5, 0.6) is 5.75 Å². The second-order valence-corrected chi connectivity index (χ2v) is 8.46. The van der Waals surface area contributed by atoms with Crippen molar-refractivity contribution < 1.29 is 23.9 Å². The van der Waals surface area contributed by atoms with E-state index in [0.717, 1.165) is 5.56 Å². The zero-order chi connectivity index (χ0) is 24.5. The molecular weight excluding hydrogens is 434 g/mol. The first kappa shape index (κ1) is 25.2. The van der Waals surface area contributed by atoms with E-state index in [1.807, 2.05) is 36.1 Å². The van der Waals surface area contributed by atoms with Crippen LogP contribution in [0.3, 0.4) is 0 Å². The highest BCUT2D eigenvalue weighted by atomic mass is 16.5. The molecule has 182 valence electrons. The molecule has 2 aromatic rings. The summed E-state index contributed by atoms with van der Waals surface area (Å²) in [6.07, 6.45) is 1.23. The normalized spacial score (nSPS) is 14.9. The highest BCUT2D eigenvalue weighted by Crippen LogP contribution is 2.23. The molecule has 0 saturated carbocycles. The fraction of sp³-hybridized carbons (Fsp3) is 0.423. The summed E-state index contributed by atoms with van der Waals surface area (Å²) in [5.74, 6) is -0.0282. The highest BCUT2D eigenvalue weighted by Gasteiger charge is 2.34. The van der Waals surface area contributed by atoms with Gasteiger partial charge in [-0.25, -0.2) is 0 Å². The second kappa shape index (κ2) is 12.2. The Morgan fingerprint density at radius 2 is 1.59 bits per heavy atom. The Morgan fingerprint density at radius 1 is 0.971 bits per heavy atom. The van der Waals surface area contributed by atoms with E-state index < -0.39 is 6.04 Å². The molecule has 0 spiro atoms. The molecule has 2 aromatic carbocycles. The number of rotatable bonds is 9. The smallest absolute Gasteiger partial charge is 0.253 e. The Hall–Kier alpha value is -3.39. The van der Waals surface area contributed by atoms with E-state index in [9.17, 15) is 14.4 Å². The molecule has 0 aliphatic carbocycles. The molecular formula is C26H33N3O5. The number of carbonyl (C=O) groups is 3. The van der Waals surface area contributed by atoms with E-state index in [-0.39, 0.29) is 23.6 Å². The van der Waals surface area contributed by atoms with Gasteiger partial charge >= 0.3 is 0 Å². The first-order chi connectivity index (χ1) is 16.4. The number of methoxy groups -OCH3 is 2. The number of likely N-dealkylation sites (tertiary alicyclic amines) is 1. The van der Waals surface area contributed by atoms with Gasteiger partial charge in [0.2, 0.25) is 5.91 Å². The van der Waals surface area contributed by atoms with Crippen molar-refractivity contribution in [3.8, 4) is 5.75 Å². The maximum absolute atomic E-state index is 13.0. The monoisotopic (exact) mass is 467 g/mol. The molecule has 2 N–H and O–H groups in total. The molecule has 3 amide bonds. The number of nitrogens with one attached hydrogen (secondary N) is 2. The average Bonchev–Trinajstić information content (AvgIpc) is 2.87. The van der Waals surface area contributed by atoms with Crippen LogP contribution in [-0.2, 0) is 9.53 Å². The van der Waals surface area contributed by atoms with E-state index in [1.165, 1.54) is 0 Å². The molecule has 1 aliphatic heterocycles. The van der Waals surface area contributed by atoms with Crippen LogP contribution >= 0.6 is 0 Å². The second-order valence-electron chi connectivity index (χ2n) is 8.46. The molecule has 1 atom stereocenters. The third kappa shape index (κ3) is 6.57. The number of piperidine rings is 1. The first-order valence-electron chi connectivity index (χ1n) is 11.5. The number of ether oxygens (including phenoxy) is 2. The highest BCUT2D eigenvalue weighted by molar-refractivity contribution is 5.98. The lowest BCUT2D eigenvalue weighted by Crippen LogP contribution is -2.54. The lowest BCUT2D eigenvalue weighted by molar-refractivity contribution is -0.124. The van der Waals surface area contributed by atoms with Gasteiger partial charge in [-0.1, -0.05) is 17.7 Å². The standard InChI is InChI=1S/C26H33N3O5/c1-18-4-6-21(7-5-18)26(32)29-15-12-19(13-16-29)23(25(31)27-14-17-33-2)28-24(30)20-8-10-22(34-3)11-9-20/h4-11,19,23H,12-17H2,1-3H3,(H,27,31)(H,28,30)/t23-/m1/s1. The minimum Gasteiger partial charge on any atom is -0.497 e. The van der Waals surface area contributed by atoms with Crippen molar-refractivity contribution in [2.45, 2.75) is 25.8 Å². The Balaban J connectivity index is 1.66. The lowest BCUT2D eigenvalue weighted by Gasteiger charge is -2.36. The summed E-state index contributed by atoms with van der Waals surface area (Å²) in [6, 6.07) is 13.6. The zero-order valence-corrected chi connectivity index (χ0v) is 20.0. The molecule has 34 heavy (non-hydrogen) atoms. The molecule has 8 nitrogen and oxygen atoms in total. The molecule has 1 aliphatic rings. The van der Waals surface area contributed by atoms with Gasteiger partial charge in [0.05, 0.1) is 13.7 Å². The number of hydrogen-bond donors (Lipinski definition) is 2. The first-order valence-corrected chi connectivity index (χ1v) is 11.5. The summed E-state index contributed by atoms with van der Waals surface area (Å²) in [4.78, 5) is 40.5. The minimum absolute atomic E-state index is 0.0122. The fourth-order valence-electron chi connectivity index (χ4n) is 4.07. The maximum atomic E-state index is 13.0. The van der Waals surface area contributed by atoms with Crippen molar-refractivity contribution >= 4 is 17.7 Å². The number of aryl methyl sites for hydroxylation is 1. The number of nitrogens with zero attached hydrogens (tertiary/aromatic N) is 1. The Kier molecular flexibility index (Phi) is 9.04. The van der Waals surface area contributed by atoms with E-state index in [4.69, 9.17) is 9.47 Å². The lowest BCUT2D eigenvalue weighted by atomic mass is 9.88. The fourth-order valence-corrected chi connectivity index (χ4v) is 4.07. The number of benzene rings is 2. The van der Waals surface area contributed by atoms with E-state index >= 15 is 0 Å². The molecule has 1 saturated heterocycles. The molecule has 0 bridgehead atoms. The van der Waals surface area contributed by atoms with Crippen LogP contribution in [0.4, 0.5) is 0 Å². The van der Waals surface area contributed by atoms with Crippen LogP contribution in [0.2, 0.25) is 0 Å². The van der Waals surface area contributed by atoms with Crippen molar-refractivity contribution in [3.05, 3.63) is 65.2 Å². The molecule has 8 heteroatoms. The minimum atomic E-state index is -0.705. The third-order valence-electron chi connectivity index (χ3n) is 6.12. The SMILES string of the molecule is COCCNC(=O)[C@H](NC(=O)c1ccc(OC)cc1)C1CCN(C(=O)c2ccc(C)cc2)CC1. The van der Waals surface area contributed by atoms with Gasteiger partial charge in [0.1, 0.15) is 11.8 Å². The Bertz CT molecular complexity index is 967.